The Bertz CT molecular complexity index is 1670. The maximum Gasteiger partial charge on any atom is 0.326 e. The highest BCUT2D eigenvalue weighted by atomic mass is 16.4. The van der Waals surface area contributed by atoms with Gasteiger partial charge in [0.25, 0.3) is 0 Å². The fourth-order valence-electron chi connectivity index (χ4n) is 7.05. The van der Waals surface area contributed by atoms with E-state index in [2.05, 4.69) is 25.9 Å². The number of carbonyl (C=O) groups excluding carboxylic acids is 5. The van der Waals surface area contributed by atoms with Crippen LogP contribution < -0.4 is 33.2 Å². The molecule has 2 aromatic rings. The second-order valence-electron chi connectivity index (χ2n) is 14.3. The lowest BCUT2D eigenvalue weighted by molar-refractivity contribution is -0.145. The molecule has 3 heterocycles. The first-order chi connectivity index (χ1) is 25.2. The Morgan fingerprint density at radius 2 is 1.51 bits per heavy atom. The highest BCUT2D eigenvalue weighted by Crippen LogP contribution is 2.23. The van der Waals surface area contributed by atoms with Gasteiger partial charge in [-0.25, -0.2) is 4.79 Å². The molecule has 0 saturated carbocycles. The summed E-state index contributed by atoms with van der Waals surface area (Å²) in [4.78, 5) is 89.4. The van der Waals surface area contributed by atoms with Crippen molar-refractivity contribution in [2.75, 3.05) is 19.6 Å². The summed E-state index contributed by atoms with van der Waals surface area (Å²) in [5.41, 5.74) is 18.4. The number of carbonyl (C=O) groups is 6. The molecular formula is C36H54N10O7. The van der Waals surface area contributed by atoms with Crippen molar-refractivity contribution in [2.45, 2.75) is 108 Å². The number of guanidine groups is 1. The normalized spacial score (nSPS) is 19.3. The molecule has 53 heavy (non-hydrogen) atoms. The maximum atomic E-state index is 13.7. The highest BCUT2D eigenvalue weighted by Gasteiger charge is 2.40. The average molecular weight is 739 g/mol. The van der Waals surface area contributed by atoms with E-state index in [4.69, 9.17) is 17.2 Å². The number of aliphatic carboxylic acids is 1. The third kappa shape index (κ3) is 10.7. The molecule has 2 aliphatic rings. The number of carboxylic acid groups (broad SMARTS) is 1. The largest absolute Gasteiger partial charge is 0.480 e. The van der Waals surface area contributed by atoms with E-state index < -0.39 is 65.8 Å². The number of aromatic nitrogens is 1. The van der Waals surface area contributed by atoms with Gasteiger partial charge in [-0.05, 0) is 69.4 Å². The third-order valence-electron chi connectivity index (χ3n) is 9.74. The topological polar surface area (TPSA) is 271 Å². The van der Waals surface area contributed by atoms with Crippen LogP contribution in [0.2, 0.25) is 0 Å². The molecule has 5 amide bonds. The summed E-state index contributed by atoms with van der Waals surface area (Å²) in [5.74, 6) is -3.78. The fourth-order valence-corrected chi connectivity index (χ4v) is 7.05. The first-order valence-electron chi connectivity index (χ1n) is 18.3. The summed E-state index contributed by atoms with van der Waals surface area (Å²) < 4.78 is 0. The van der Waals surface area contributed by atoms with Crippen LogP contribution in [0, 0.1) is 5.92 Å². The monoisotopic (exact) mass is 738 g/mol. The predicted molar refractivity (Wildman–Crippen MR) is 198 cm³/mol. The Balaban J connectivity index is 1.35. The minimum atomic E-state index is -1.23. The lowest BCUT2D eigenvalue weighted by atomic mass is 10.0. The number of nitrogens with zero attached hydrogens (tertiary/aromatic N) is 3. The number of hydrogen-bond donors (Lipinski definition) is 8. The molecule has 2 fully saturated rings. The van der Waals surface area contributed by atoms with Gasteiger partial charge < -0.3 is 53.0 Å². The molecule has 290 valence electrons. The van der Waals surface area contributed by atoms with Gasteiger partial charge in [-0.3, -0.25) is 29.0 Å². The number of hydrogen-bond acceptors (Lipinski definition) is 8. The van der Waals surface area contributed by atoms with E-state index in [1.807, 2.05) is 38.1 Å². The molecule has 2 saturated heterocycles. The fraction of sp³-hybridized carbons (Fsp3) is 0.583. The van der Waals surface area contributed by atoms with Gasteiger partial charge >= 0.3 is 5.97 Å². The standard InChI is InChI=1S/C36H54N10O7/c1-20(2)17-26(43-31(48)29-13-8-16-46(29)34(51)24(37)10-6-14-40-36(38)39)30(47)42-21(3)33(50)45-15-7-12-28(45)32(49)44-27(35(52)53)18-22-19-41-25-11-5-4-9-23(22)25/h4-5,9,11,19-21,24,26-29,41H,6-8,10,12-18,37H2,1-3H3,(H,42,47)(H,43,48)(H,44,49)(H,52,53)(H4,38,39,40)/t21-,24-,26-,27-,28-,29-/m0/s1. The van der Waals surface area contributed by atoms with Crippen LogP contribution in [0.15, 0.2) is 35.5 Å². The summed E-state index contributed by atoms with van der Waals surface area (Å²) in [5, 5.41) is 18.9. The summed E-state index contributed by atoms with van der Waals surface area (Å²) in [7, 11) is 0. The summed E-state index contributed by atoms with van der Waals surface area (Å²) in [6.07, 6.45) is 4.71. The maximum absolute atomic E-state index is 13.7. The second kappa shape index (κ2) is 18.5. The molecule has 4 rings (SSSR count). The van der Waals surface area contributed by atoms with E-state index in [0.29, 0.717) is 51.6 Å². The van der Waals surface area contributed by atoms with E-state index in [1.165, 1.54) is 16.7 Å². The third-order valence-corrected chi connectivity index (χ3v) is 9.74. The Morgan fingerprint density at radius 1 is 0.906 bits per heavy atom. The van der Waals surface area contributed by atoms with Gasteiger partial charge in [0.15, 0.2) is 5.96 Å². The number of nitrogens with one attached hydrogen (secondary N) is 4. The number of benzene rings is 1. The van der Waals surface area contributed by atoms with E-state index >= 15 is 0 Å². The summed E-state index contributed by atoms with van der Waals surface area (Å²) in [6, 6.07) is 1.62. The predicted octanol–water partition coefficient (Wildman–Crippen LogP) is -0.322. The van der Waals surface area contributed by atoms with Gasteiger partial charge in [-0.2, -0.15) is 0 Å². The molecule has 17 heteroatoms. The van der Waals surface area contributed by atoms with Crippen LogP contribution in [0.5, 0.6) is 0 Å². The van der Waals surface area contributed by atoms with E-state index in [-0.39, 0.29) is 37.2 Å². The Hall–Kier alpha value is -5.19. The lowest BCUT2D eigenvalue weighted by Gasteiger charge is -2.30. The molecule has 1 aromatic heterocycles. The number of para-hydroxylation sites is 1. The molecule has 0 radical (unpaired) electrons. The number of amides is 5. The number of aromatic amines is 1. The van der Waals surface area contributed by atoms with Gasteiger partial charge in [0.05, 0.1) is 6.04 Å². The highest BCUT2D eigenvalue weighted by molar-refractivity contribution is 5.96. The number of aliphatic imine (C=N–C) groups is 1. The number of rotatable bonds is 17. The van der Waals surface area contributed by atoms with Crippen LogP contribution in [0.3, 0.4) is 0 Å². The molecule has 11 N–H and O–H groups in total. The molecule has 17 nitrogen and oxygen atoms in total. The number of fused-ring (bicyclic) bond motifs is 1. The van der Waals surface area contributed by atoms with Crippen molar-refractivity contribution in [2.24, 2.45) is 28.1 Å². The van der Waals surface area contributed by atoms with E-state index in [1.54, 1.807) is 6.20 Å². The number of carboxylic acids is 1. The van der Waals surface area contributed by atoms with Crippen LogP contribution in [-0.2, 0) is 35.2 Å². The minimum Gasteiger partial charge on any atom is -0.480 e. The van der Waals surface area contributed by atoms with Crippen LogP contribution in [0.4, 0.5) is 0 Å². The Kier molecular flexibility index (Phi) is 14.2. The molecule has 1 aromatic carbocycles. The van der Waals surface area contributed by atoms with Gasteiger partial charge in [0.1, 0.15) is 30.2 Å². The van der Waals surface area contributed by atoms with Crippen LogP contribution in [0.1, 0.15) is 71.3 Å². The molecule has 0 bridgehead atoms. The Labute approximate surface area is 308 Å². The molecule has 2 aliphatic heterocycles. The number of nitrogens with two attached hydrogens (primary N) is 3. The van der Waals surface area contributed by atoms with Gasteiger partial charge in [-0.15, -0.1) is 0 Å². The Morgan fingerprint density at radius 3 is 2.11 bits per heavy atom. The van der Waals surface area contributed by atoms with Crippen LogP contribution in [-0.4, -0.2) is 117 Å². The van der Waals surface area contributed by atoms with Crippen molar-refractivity contribution in [3.63, 3.8) is 0 Å². The molecule has 6 atom stereocenters. The zero-order chi connectivity index (χ0) is 38.8. The molecule has 0 spiro atoms. The van der Waals surface area contributed by atoms with Crippen LogP contribution in [0.25, 0.3) is 10.9 Å². The second-order valence-corrected chi connectivity index (χ2v) is 14.3. The van der Waals surface area contributed by atoms with Crippen molar-refractivity contribution in [1.29, 1.82) is 0 Å². The lowest BCUT2D eigenvalue weighted by Crippen LogP contribution is -2.58. The van der Waals surface area contributed by atoms with Crippen molar-refractivity contribution in [1.82, 2.24) is 30.7 Å². The van der Waals surface area contributed by atoms with Crippen molar-refractivity contribution in [3.05, 3.63) is 36.0 Å². The average Bonchev–Trinajstić information content (AvgIpc) is 3.89. The minimum absolute atomic E-state index is 0.00453. The molecular weight excluding hydrogens is 684 g/mol. The SMILES string of the molecule is CC(C)C[C@H](NC(=O)[C@@H]1CCCN1C(=O)[C@@H](N)CCCN=C(N)N)C(=O)N[C@@H](C)C(=O)N1CCC[C@H]1C(=O)N[C@@H](Cc1c[nH]c2ccccc12)C(=O)O. The zero-order valence-corrected chi connectivity index (χ0v) is 30.7. The summed E-state index contributed by atoms with van der Waals surface area (Å²) in [6.45, 7) is 6.22. The van der Waals surface area contributed by atoms with E-state index in [9.17, 15) is 33.9 Å². The van der Waals surface area contributed by atoms with Crippen molar-refractivity contribution >= 4 is 52.4 Å². The van der Waals surface area contributed by atoms with Crippen molar-refractivity contribution < 1.29 is 33.9 Å². The van der Waals surface area contributed by atoms with Gasteiger partial charge in [-0.1, -0.05) is 32.0 Å². The number of likely N-dealkylation sites (tertiary alicyclic amines) is 2. The first kappa shape index (κ1) is 40.6. The van der Waals surface area contributed by atoms with Gasteiger partial charge in [0, 0.05) is 43.2 Å². The smallest absolute Gasteiger partial charge is 0.326 e. The van der Waals surface area contributed by atoms with Gasteiger partial charge in [0.2, 0.25) is 29.5 Å². The molecule has 0 unspecified atom stereocenters. The quantitative estimate of drug-likeness (QED) is 0.0595. The van der Waals surface area contributed by atoms with E-state index in [0.717, 1.165) is 16.5 Å². The van der Waals surface area contributed by atoms with Crippen LogP contribution >= 0.6 is 0 Å². The zero-order valence-electron chi connectivity index (χ0n) is 30.7. The summed E-state index contributed by atoms with van der Waals surface area (Å²) >= 11 is 0. The first-order valence-corrected chi connectivity index (χ1v) is 18.3. The molecule has 0 aliphatic carbocycles. The van der Waals surface area contributed by atoms with Crippen molar-refractivity contribution in [3.8, 4) is 0 Å². The number of H-pyrrole nitrogens is 1.